The van der Waals surface area contributed by atoms with Gasteiger partial charge in [0, 0.05) is 44.3 Å². The van der Waals surface area contributed by atoms with Crippen LogP contribution in [-0.2, 0) is 9.53 Å². The number of ether oxygens (including phenoxy) is 1. The monoisotopic (exact) mass is 313 g/mol. The van der Waals surface area contributed by atoms with E-state index in [1.54, 1.807) is 0 Å². The highest BCUT2D eigenvalue weighted by molar-refractivity contribution is 5.66. The number of carbonyl (C=O) groups excluding carboxylic acids is 1. The minimum atomic E-state index is -4.94. The molecule has 118 valence electrons. The Morgan fingerprint density at radius 2 is 1.40 bits per heavy atom. The van der Waals surface area contributed by atoms with Gasteiger partial charge in [-0.2, -0.15) is 0 Å². The molecule has 1 rings (SSSR count). The highest BCUT2D eigenvalue weighted by Crippen LogP contribution is 2.35. The van der Waals surface area contributed by atoms with Crippen molar-refractivity contribution >= 4 is 5.97 Å². The molecule has 0 N–H and O–H groups in total. The van der Waals surface area contributed by atoms with Gasteiger partial charge in [-0.1, -0.05) is 0 Å². The maximum Gasteiger partial charge on any atom is 0.302 e. The van der Waals surface area contributed by atoms with Gasteiger partial charge in [-0.15, -0.1) is 10.2 Å². The number of halogens is 1. The van der Waals surface area contributed by atoms with Crippen molar-refractivity contribution in [3.05, 3.63) is 4.91 Å². The first-order chi connectivity index (χ1) is 8.65. The fraction of sp³-hybridized carbons (Fsp3) is 0.909. The molecular weight excluding hydrogens is 294 g/mol. The average molecular weight is 314 g/mol. The summed E-state index contributed by atoms with van der Waals surface area (Å²) in [5.74, 6) is -0.272. The van der Waals surface area contributed by atoms with Gasteiger partial charge in [0.05, 0.1) is 12.8 Å². The molecule has 0 spiro atoms. The third-order valence-electron chi connectivity index (χ3n) is 2.89. The highest BCUT2D eigenvalue weighted by atomic mass is 35.7. The first-order valence-electron chi connectivity index (χ1n) is 5.91. The molecule has 1 aliphatic rings. The molecule has 1 aliphatic heterocycles. The summed E-state index contributed by atoms with van der Waals surface area (Å²) in [7, 11) is -4.94. The van der Waals surface area contributed by atoms with E-state index in [-0.39, 0.29) is 12.1 Å². The van der Waals surface area contributed by atoms with E-state index < -0.39 is 21.3 Å². The summed E-state index contributed by atoms with van der Waals surface area (Å²) in [5, 5.41) is 0. The maximum absolute atomic E-state index is 12.0. The van der Waals surface area contributed by atoms with Crippen LogP contribution < -0.4 is 18.6 Å². The fourth-order valence-electron chi connectivity index (χ4n) is 2.49. The van der Waals surface area contributed by atoms with Crippen molar-refractivity contribution < 1.29 is 43.2 Å². The quantitative estimate of drug-likeness (QED) is 0.379. The Kier molecular flexibility index (Phi) is 6.06. The highest BCUT2D eigenvalue weighted by Gasteiger charge is 2.54. The van der Waals surface area contributed by atoms with Crippen molar-refractivity contribution in [3.8, 4) is 0 Å². The lowest BCUT2D eigenvalue weighted by Crippen LogP contribution is -2.68. The van der Waals surface area contributed by atoms with Crippen LogP contribution in [0.2, 0.25) is 0 Å². The van der Waals surface area contributed by atoms with E-state index >= 15 is 0 Å². The summed E-state index contributed by atoms with van der Waals surface area (Å²) < 4.78 is 40.3. The smallest absolute Gasteiger partial charge is 0.302 e. The van der Waals surface area contributed by atoms with Crippen LogP contribution in [-0.4, -0.2) is 27.9 Å². The SMILES string of the molecule is CC(=O)OC1CC(C)(C)[N+](=O)C(C)(C)C1.[O-][Cl+3]([O-])([O-])[O-]. The number of esters is 1. The fourth-order valence-corrected chi connectivity index (χ4v) is 2.49. The Morgan fingerprint density at radius 1 is 1.10 bits per heavy atom. The van der Waals surface area contributed by atoms with E-state index in [2.05, 4.69) is 0 Å². The van der Waals surface area contributed by atoms with Crippen LogP contribution >= 0.6 is 0 Å². The number of piperidine rings is 1. The van der Waals surface area contributed by atoms with Crippen LogP contribution in [0.25, 0.3) is 0 Å². The van der Waals surface area contributed by atoms with Gasteiger partial charge in [-0.05, 0) is 0 Å². The van der Waals surface area contributed by atoms with Gasteiger partial charge in [0.15, 0.2) is 0 Å². The normalized spacial score (nSPS) is 21.8. The molecule has 8 nitrogen and oxygen atoms in total. The molecule has 0 aromatic heterocycles. The summed E-state index contributed by atoms with van der Waals surface area (Å²) >= 11 is 0. The van der Waals surface area contributed by atoms with Crippen LogP contribution in [0, 0.1) is 15.2 Å². The number of carbonyl (C=O) groups is 1. The van der Waals surface area contributed by atoms with E-state index in [4.69, 9.17) is 23.4 Å². The van der Waals surface area contributed by atoms with Crippen LogP contribution in [0.1, 0.15) is 47.5 Å². The second kappa shape index (κ2) is 6.31. The van der Waals surface area contributed by atoms with Gasteiger partial charge in [0.2, 0.25) is 11.1 Å². The molecule has 1 fully saturated rings. The Balaban J connectivity index is 0.000000621. The lowest BCUT2D eigenvalue weighted by molar-refractivity contribution is -2.00. The van der Waals surface area contributed by atoms with Gasteiger partial charge in [0.25, 0.3) is 0 Å². The number of nitroso groups, excluding NO2 is 1. The topological polar surface area (TPSA) is 139 Å². The molecule has 1 saturated heterocycles. The molecule has 0 aromatic rings. The van der Waals surface area contributed by atoms with Crippen LogP contribution in [0.4, 0.5) is 0 Å². The Hall–Kier alpha value is -0.800. The molecule has 0 unspecified atom stereocenters. The summed E-state index contributed by atoms with van der Waals surface area (Å²) in [6, 6.07) is 0. The van der Waals surface area contributed by atoms with Crippen molar-refractivity contribution in [2.75, 3.05) is 0 Å². The van der Waals surface area contributed by atoms with Crippen molar-refractivity contribution in [1.82, 2.24) is 0 Å². The summed E-state index contributed by atoms with van der Waals surface area (Å²) in [6.07, 6.45) is 1.05. The molecule has 0 amide bonds. The van der Waals surface area contributed by atoms with E-state index in [0.717, 1.165) is 4.76 Å². The van der Waals surface area contributed by atoms with E-state index in [1.165, 1.54) is 6.92 Å². The maximum atomic E-state index is 12.0. The standard InChI is InChI=1S/C11H20NO3.ClHO4/c1-8(13)15-9-6-10(2,3)12(14)11(4,5)7-9;2-1(3,4)5/h9H,6-7H2,1-5H3;(H,2,3,4,5)/q+1;/p-1. The van der Waals surface area contributed by atoms with Gasteiger partial charge >= 0.3 is 5.97 Å². The summed E-state index contributed by atoms with van der Waals surface area (Å²) in [4.78, 5) is 22.9. The van der Waals surface area contributed by atoms with Gasteiger partial charge in [-0.3, -0.25) is 4.79 Å². The molecule has 0 bridgehead atoms. The Bertz CT molecular complexity index is 349. The molecule has 1 heterocycles. The molecule has 0 aromatic carbocycles. The van der Waals surface area contributed by atoms with Gasteiger partial charge in [0.1, 0.15) is 6.10 Å². The zero-order valence-corrected chi connectivity index (χ0v) is 12.9. The van der Waals surface area contributed by atoms with Crippen molar-refractivity contribution in [3.63, 3.8) is 0 Å². The number of nitrogens with zero attached hydrogens (tertiary/aromatic N) is 1. The molecule has 0 saturated carbocycles. The minimum absolute atomic E-state index is 0.141. The third kappa shape index (κ3) is 7.11. The zero-order valence-electron chi connectivity index (χ0n) is 12.2. The molecule has 0 radical (unpaired) electrons. The van der Waals surface area contributed by atoms with E-state index in [0.29, 0.717) is 12.8 Å². The average Bonchev–Trinajstić information content (AvgIpc) is 2.08. The predicted octanol–water partition coefficient (Wildman–Crippen LogP) is -2.71. The lowest BCUT2D eigenvalue weighted by atomic mass is 9.80. The van der Waals surface area contributed by atoms with Gasteiger partial charge in [-0.25, -0.2) is 18.6 Å². The molecule has 20 heavy (non-hydrogen) atoms. The summed E-state index contributed by atoms with van der Waals surface area (Å²) in [6.45, 7) is 8.95. The largest absolute Gasteiger partial charge is 0.462 e. The number of rotatable bonds is 1. The predicted molar refractivity (Wildman–Crippen MR) is 56.6 cm³/mol. The first kappa shape index (κ1) is 19.2. The second-order valence-electron chi connectivity index (χ2n) is 5.94. The zero-order chi connectivity index (χ0) is 16.4. The van der Waals surface area contributed by atoms with Crippen LogP contribution in [0.15, 0.2) is 0 Å². The Labute approximate surface area is 119 Å². The van der Waals surface area contributed by atoms with Crippen molar-refractivity contribution in [1.29, 1.82) is 0 Å². The van der Waals surface area contributed by atoms with Crippen molar-refractivity contribution in [2.24, 2.45) is 0 Å². The minimum Gasteiger partial charge on any atom is -0.462 e. The third-order valence-corrected chi connectivity index (χ3v) is 2.89. The van der Waals surface area contributed by atoms with Gasteiger partial charge < -0.3 is 4.74 Å². The van der Waals surface area contributed by atoms with Crippen LogP contribution in [0.5, 0.6) is 0 Å². The van der Waals surface area contributed by atoms with Crippen LogP contribution in [0.3, 0.4) is 0 Å². The second-order valence-corrected chi connectivity index (χ2v) is 6.69. The van der Waals surface area contributed by atoms with Crippen molar-refractivity contribution in [2.45, 2.75) is 64.6 Å². The molecular formula is C11H20ClNO7. The van der Waals surface area contributed by atoms with E-state index in [9.17, 15) is 9.70 Å². The summed E-state index contributed by atoms with van der Waals surface area (Å²) in [5.41, 5.74) is -0.941. The molecule has 9 heteroatoms. The molecule has 0 aliphatic carbocycles. The number of hydrogen-bond donors (Lipinski definition) is 0. The lowest BCUT2D eigenvalue weighted by Gasteiger charge is -2.35. The Morgan fingerprint density at radius 3 is 1.65 bits per heavy atom. The van der Waals surface area contributed by atoms with E-state index in [1.807, 2.05) is 27.7 Å². The molecule has 0 atom stereocenters. The first-order valence-corrected chi connectivity index (χ1v) is 7.15. The number of hydrogen-bond acceptors (Lipinski definition) is 7.